The van der Waals surface area contributed by atoms with E-state index in [2.05, 4.69) is 22.8 Å². The third kappa shape index (κ3) is 10.8. The molecule has 1 aliphatic carbocycles. The Hall–Kier alpha value is -3.65. The molecule has 2 atom stereocenters. The normalized spacial score (nSPS) is 15.2. The summed E-state index contributed by atoms with van der Waals surface area (Å²) in [5, 5.41) is 16.2. The Morgan fingerprint density at radius 3 is 2.23 bits per heavy atom. The maximum Gasteiger partial charge on any atom is 0.407 e. The minimum Gasteiger partial charge on any atom is -0.507 e. The Labute approximate surface area is 259 Å². The number of benzene rings is 3. The van der Waals surface area contributed by atoms with Gasteiger partial charge in [0.05, 0.1) is 11.6 Å². The van der Waals surface area contributed by atoms with E-state index < -0.39 is 23.6 Å². The monoisotopic (exact) mass is 604 g/mol. The molecule has 1 aliphatic rings. The summed E-state index contributed by atoms with van der Waals surface area (Å²) in [7, 11) is 0. The Morgan fingerprint density at radius 1 is 0.907 bits per heavy atom. The number of alkyl carbamates (subject to hydrolysis) is 1. The number of phenolic OH excluding ortho intramolecular Hbond substituents is 1. The van der Waals surface area contributed by atoms with Crippen molar-refractivity contribution in [3.05, 3.63) is 90.0 Å². The van der Waals surface area contributed by atoms with Gasteiger partial charge in [-0.25, -0.2) is 4.79 Å². The first-order valence-corrected chi connectivity index (χ1v) is 16.2. The molecule has 8 heteroatoms. The zero-order chi connectivity index (χ0) is 30.7. The fourth-order valence-electron chi connectivity index (χ4n) is 5.18. The number of ether oxygens (including phenoxy) is 2. The second-order valence-corrected chi connectivity index (χ2v) is 13.4. The molecule has 230 valence electrons. The first kappa shape index (κ1) is 32.3. The van der Waals surface area contributed by atoms with Crippen molar-refractivity contribution in [3.8, 4) is 17.2 Å². The summed E-state index contributed by atoms with van der Waals surface area (Å²) >= 11 is 1.85. The predicted molar refractivity (Wildman–Crippen MR) is 173 cm³/mol. The molecule has 0 spiro atoms. The van der Waals surface area contributed by atoms with E-state index in [1.54, 1.807) is 18.2 Å². The fraction of sp³-hybridized carbons (Fsp3) is 0.429. The number of hydrogen-bond donors (Lipinski definition) is 3. The summed E-state index contributed by atoms with van der Waals surface area (Å²) in [6.45, 7) is 5.67. The standard InChI is InChI=1S/C35H44N2O5S/c1-35(2,3)42-34(40)37-30(23-36-33(39)29-16-10-11-17-31(29)38)32(43-24-26-12-6-4-7-13-26)22-25-18-20-28(21-19-25)41-27-14-8-5-9-15-27/h5,8-11,14-21,26,30,32,38H,4,6-7,12-13,22-24H2,1-3H3,(H,36,39)(H,37,40). The zero-order valence-corrected chi connectivity index (χ0v) is 26.2. The molecular weight excluding hydrogens is 560 g/mol. The fourth-order valence-corrected chi connectivity index (χ4v) is 6.74. The van der Waals surface area contributed by atoms with E-state index in [1.165, 1.54) is 38.2 Å². The molecular formula is C35H44N2O5S. The minimum absolute atomic E-state index is 0.0417. The lowest BCUT2D eigenvalue weighted by atomic mass is 9.91. The minimum atomic E-state index is -0.660. The Morgan fingerprint density at radius 2 is 1.56 bits per heavy atom. The lowest BCUT2D eigenvalue weighted by Gasteiger charge is -2.31. The van der Waals surface area contributed by atoms with Gasteiger partial charge in [-0.05, 0) is 93.7 Å². The van der Waals surface area contributed by atoms with E-state index in [-0.39, 0.29) is 23.1 Å². The summed E-state index contributed by atoms with van der Waals surface area (Å²) in [4.78, 5) is 26.0. The van der Waals surface area contributed by atoms with Crippen LogP contribution >= 0.6 is 11.8 Å². The van der Waals surface area contributed by atoms with Gasteiger partial charge in [0.25, 0.3) is 5.91 Å². The van der Waals surface area contributed by atoms with Crippen molar-refractivity contribution in [2.24, 2.45) is 5.92 Å². The number of carbonyl (C=O) groups excluding carboxylic acids is 2. The Bertz CT molecular complexity index is 1300. The van der Waals surface area contributed by atoms with Gasteiger partial charge in [-0.3, -0.25) is 4.79 Å². The highest BCUT2D eigenvalue weighted by Gasteiger charge is 2.29. The number of aromatic hydroxyl groups is 1. The van der Waals surface area contributed by atoms with Crippen molar-refractivity contribution < 1.29 is 24.2 Å². The van der Waals surface area contributed by atoms with E-state index >= 15 is 0 Å². The molecule has 1 saturated carbocycles. The number of thioether (sulfide) groups is 1. The zero-order valence-electron chi connectivity index (χ0n) is 25.4. The van der Waals surface area contributed by atoms with Crippen LogP contribution in [-0.4, -0.2) is 46.3 Å². The van der Waals surface area contributed by atoms with Crippen LogP contribution in [0.5, 0.6) is 17.2 Å². The summed E-state index contributed by atoms with van der Waals surface area (Å²) in [6, 6.07) is 23.7. The number of hydrogen-bond acceptors (Lipinski definition) is 6. The molecule has 0 heterocycles. The highest BCUT2D eigenvalue weighted by molar-refractivity contribution is 7.99. The van der Waals surface area contributed by atoms with Gasteiger partial charge in [0.1, 0.15) is 22.8 Å². The van der Waals surface area contributed by atoms with Crippen molar-refractivity contribution in [2.45, 2.75) is 76.2 Å². The molecule has 4 rings (SSSR count). The van der Waals surface area contributed by atoms with Crippen LogP contribution in [0.2, 0.25) is 0 Å². The number of nitrogens with one attached hydrogen (secondary N) is 2. The molecule has 43 heavy (non-hydrogen) atoms. The first-order valence-electron chi connectivity index (χ1n) is 15.2. The highest BCUT2D eigenvalue weighted by Crippen LogP contribution is 2.31. The summed E-state index contributed by atoms with van der Waals surface area (Å²) in [5.41, 5.74) is 0.635. The van der Waals surface area contributed by atoms with Gasteiger partial charge in [0.15, 0.2) is 0 Å². The maximum absolute atomic E-state index is 13.0. The van der Waals surface area contributed by atoms with Gasteiger partial charge in [-0.1, -0.05) is 61.7 Å². The Balaban J connectivity index is 1.53. The summed E-state index contributed by atoms with van der Waals surface area (Å²) < 4.78 is 11.6. The largest absolute Gasteiger partial charge is 0.507 e. The highest BCUT2D eigenvalue weighted by atomic mass is 32.2. The molecule has 7 nitrogen and oxygen atoms in total. The molecule has 2 unspecified atom stereocenters. The average Bonchev–Trinajstić information content (AvgIpc) is 2.98. The van der Waals surface area contributed by atoms with Crippen molar-refractivity contribution >= 4 is 23.8 Å². The van der Waals surface area contributed by atoms with Crippen LogP contribution in [0.1, 0.15) is 68.8 Å². The third-order valence-corrected chi connectivity index (χ3v) is 8.98. The average molecular weight is 605 g/mol. The first-order chi connectivity index (χ1) is 20.7. The lowest BCUT2D eigenvalue weighted by Crippen LogP contribution is -2.51. The van der Waals surface area contributed by atoms with Crippen LogP contribution in [0.4, 0.5) is 4.79 Å². The number of amides is 2. The number of carbonyl (C=O) groups is 2. The molecule has 0 bridgehead atoms. The van der Waals surface area contributed by atoms with Crippen molar-refractivity contribution in [1.82, 2.24) is 10.6 Å². The van der Waals surface area contributed by atoms with Crippen LogP contribution in [0, 0.1) is 5.92 Å². The maximum atomic E-state index is 13.0. The Kier molecular flexibility index (Phi) is 11.8. The molecule has 2 amide bonds. The quantitative estimate of drug-likeness (QED) is 0.196. The van der Waals surface area contributed by atoms with E-state index in [9.17, 15) is 14.7 Å². The number of phenols is 1. The van der Waals surface area contributed by atoms with Crippen LogP contribution in [0.25, 0.3) is 0 Å². The second kappa shape index (κ2) is 15.7. The lowest BCUT2D eigenvalue weighted by molar-refractivity contribution is 0.0500. The molecule has 0 aromatic heterocycles. The van der Waals surface area contributed by atoms with E-state index in [4.69, 9.17) is 9.47 Å². The molecule has 0 aliphatic heterocycles. The summed E-state index contributed by atoms with van der Waals surface area (Å²) in [5.74, 6) is 2.67. The molecule has 0 radical (unpaired) electrons. The molecule has 1 fully saturated rings. The van der Waals surface area contributed by atoms with Crippen LogP contribution in [-0.2, 0) is 11.2 Å². The van der Waals surface area contributed by atoms with Gasteiger partial charge < -0.3 is 25.2 Å². The summed E-state index contributed by atoms with van der Waals surface area (Å²) in [6.07, 6.45) is 6.41. The molecule has 0 saturated heterocycles. The van der Waals surface area contributed by atoms with E-state index in [0.717, 1.165) is 22.8 Å². The van der Waals surface area contributed by atoms with E-state index in [1.807, 2.05) is 75.0 Å². The van der Waals surface area contributed by atoms with Crippen LogP contribution in [0.15, 0.2) is 78.9 Å². The smallest absolute Gasteiger partial charge is 0.407 e. The van der Waals surface area contributed by atoms with Gasteiger partial charge in [-0.2, -0.15) is 11.8 Å². The van der Waals surface area contributed by atoms with Crippen LogP contribution < -0.4 is 15.4 Å². The molecule has 3 aromatic carbocycles. The van der Waals surface area contributed by atoms with Gasteiger partial charge >= 0.3 is 6.09 Å². The topological polar surface area (TPSA) is 96.9 Å². The third-order valence-electron chi connectivity index (χ3n) is 7.39. The molecule has 3 N–H and O–H groups in total. The van der Waals surface area contributed by atoms with Gasteiger partial charge in [0, 0.05) is 11.8 Å². The van der Waals surface area contributed by atoms with Crippen molar-refractivity contribution in [2.75, 3.05) is 12.3 Å². The van der Waals surface area contributed by atoms with Crippen LogP contribution in [0.3, 0.4) is 0 Å². The SMILES string of the molecule is CC(C)(C)OC(=O)NC(CNC(=O)c1ccccc1O)C(Cc1ccc(Oc2ccccc2)cc1)SCC1CCCCC1. The number of rotatable bonds is 12. The molecule has 3 aromatic rings. The van der Waals surface area contributed by atoms with Gasteiger partial charge in [0.2, 0.25) is 0 Å². The number of para-hydroxylation sites is 2. The van der Waals surface area contributed by atoms with Crippen molar-refractivity contribution in [1.29, 1.82) is 0 Å². The van der Waals surface area contributed by atoms with E-state index in [0.29, 0.717) is 12.3 Å². The van der Waals surface area contributed by atoms with Gasteiger partial charge in [-0.15, -0.1) is 0 Å². The van der Waals surface area contributed by atoms with Crippen molar-refractivity contribution in [3.63, 3.8) is 0 Å². The predicted octanol–water partition coefficient (Wildman–Crippen LogP) is 7.73. The second-order valence-electron chi connectivity index (χ2n) is 12.1.